The molecule has 0 aromatic carbocycles. The zero-order chi connectivity index (χ0) is 21.1. The Hall–Kier alpha value is -2.73. The summed E-state index contributed by atoms with van der Waals surface area (Å²) in [7, 11) is 0. The zero-order valence-corrected chi connectivity index (χ0v) is 17.3. The summed E-state index contributed by atoms with van der Waals surface area (Å²) in [6.07, 6.45) is 2.96. The fraction of sp³-hybridized carbons (Fsp3) is 0.611. The Morgan fingerprint density at radius 1 is 1.20 bits per heavy atom. The summed E-state index contributed by atoms with van der Waals surface area (Å²) >= 11 is 1.35. The van der Waals surface area contributed by atoms with Crippen LogP contribution in [0.2, 0.25) is 0 Å². The number of nitrogens with zero attached hydrogens (tertiary/aromatic N) is 3. The van der Waals surface area contributed by atoms with Crippen molar-refractivity contribution in [1.29, 1.82) is 0 Å². The van der Waals surface area contributed by atoms with Gasteiger partial charge in [0, 0.05) is 31.4 Å². The van der Waals surface area contributed by atoms with Crippen molar-refractivity contribution in [2.24, 2.45) is 0 Å². The molecule has 3 aliphatic rings. The summed E-state index contributed by atoms with van der Waals surface area (Å²) < 4.78 is 5.30. The van der Waals surface area contributed by atoms with E-state index >= 15 is 0 Å². The maximum atomic E-state index is 12.6. The van der Waals surface area contributed by atoms with Gasteiger partial charge in [-0.3, -0.25) is 30.1 Å². The summed E-state index contributed by atoms with van der Waals surface area (Å²) in [5.74, 6) is -1.29. The van der Waals surface area contributed by atoms with Gasteiger partial charge < -0.3 is 15.0 Å². The minimum Gasteiger partial charge on any atom is -0.378 e. The number of thiazole rings is 1. The first-order valence-corrected chi connectivity index (χ1v) is 10.9. The Kier molecular flexibility index (Phi) is 5.86. The standard InChI is InChI=1S/C18H24N6O5S/c25-13(3-6-24-15(27)18(20-16(24)28)4-1-2-5-18)21-22-14(26)12-11-30-17(19-12)23-7-9-29-10-8-23/h11H,1-10H2,(H,20,28)(H,21,25)(H,22,26). The third-order valence-electron chi connectivity index (χ3n) is 5.59. The molecule has 3 N–H and O–H groups in total. The molecule has 12 heteroatoms. The molecule has 0 bridgehead atoms. The Balaban J connectivity index is 1.23. The van der Waals surface area contributed by atoms with Crippen LogP contribution in [0.3, 0.4) is 0 Å². The Morgan fingerprint density at radius 2 is 1.93 bits per heavy atom. The second-order valence-electron chi connectivity index (χ2n) is 7.54. The highest BCUT2D eigenvalue weighted by Crippen LogP contribution is 2.35. The lowest BCUT2D eigenvalue weighted by atomic mass is 9.98. The number of hydrogen-bond acceptors (Lipinski definition) is 8. The topological polar surface area (TPSA) is 133 Å². The van der Waals surface area contributed by atoms with Gasteiger partial charge in [0.1, 0.15) is 11.2 Å². The molecule has 0 atom stereocenters. The molecule has 162 valence electrons. The summed E-state index contributed by atoms with van der Waals surface area (Å²) in [5, 5.41) is 5.13. The summed E-state index contributed by atoms with van der Waals surface area (Å²) in [5.41, 5.74) is 4.05. The second kappa shape index (κ2) is 8.56. The molecule has 3 heterocycles. The maximum absolute atomic E-state index is 12.6. The minimum absolute atomic E-state index is 0.0357. The number of hydrazine groups is 1. The normalized spacial score (nSPS) is 20.5. The first kappa shape index (κ1) is 20.5. The summed E-state index contributed by atoms with van der Waals surface area (Å²) in [6, 6.07) is -0.461. The van der Waals surface area contributed by atoms with Gasteiger partial charge in [-0.25, -0.2) is 9.78 Å². The van der Waals surface area contributed by atoms with Crippen molar-refractivity contribution in [3.63, 3.8) is 0 Å². The number of aromatic nitrogens is 1. The van der Waals surface area contributed by atoms with E-state index in [1.54, 1.807) is 5.38 Å². The van der Waals surface area contributed by atoms with E-state index in [0.717, 1.165) is 36.0 Å². The second-order valence-corrected chi connectivity index (χ2v) is 8.38. The van der Waals surface area contributed by atoms with E-state index < -0.39 is 23.4 Å². The third kappa shape index (κ3) is 4.10. The number of anilines is 1. The van der Waals surface area contributed by atoms with Crippen molar-refractivity contribution in [3.05, 3.63) is 11.1 Å². The predicted octanol–water partition coefficient (Wildman–Crippen LogP) is -0.00460. The predicted molar refractivity (Wildman–Crippen MR) is 107 cm³/mol. The van der Waals surface area contributed by atoms with E-state index in [-0.39, 0.29) is 24.6 Å². The van der Waals surface area contributed by atoms with Gasteiger partial charge >= 0.3 is 6.03 Å². The van der Waals surface area contributed by atoms with E-state index in [4.69, 9.17) is 4.74 Å². The van der Waals surface area contributed by atoms with Crippen molar-refractivity contribution in [2.75, 3.05) is 37.7 Å². The molecule has 11 nitrogen and oxygen atoms in total. The number of morpholine rings is 1. The number of carbonyl (C=O) groups is 4. The summed E-state index contributed by atoms with van der Waals surface area (Å²) in [4.78, 5) is 56.4. The monoisotopic (exact) mass is 436 g/mol. The van der Waals surface area contributed by atoms with Crippen LogP contribution in [-0.2, 0) is 14.3 Å². The number of urea groups is 1. The average molecular weight is 436 g/mol. The Labute approximate surface area is 177 Å². The van der Waals surface area contributed by atoms with E-state index in [1.165, 1.54) is 11.3 Å². The molecule has 0 radical (unpaired) electrons. The quantitative estimate of drug-likeness (QED) is 0.437. The molecule has 4 rings (SSSR count). The van der Waals surface area contributed by atoms with Gasteiger partial charge in [-0.15, -0.1) is 11.3 Å². The molecule has 3 fully saturated rings. The number of ether oxygens (including phenoxy) is 1. The Morgan fingerprint density at radius 3 is 2.67 bits per heavy atom. The van der Waals surface area contributed by atoms with Gasteiger partial charge in [0.2, 0.25) is 5.91 Å². The molecule has 0 unspecified atom stereocenters. The number of rotatable bonds is 5. The van der Waals surface area contributed by atoms with Gasteiger partial charge in [0.05, 0.1) is 13.2 Å². The first-order chi connectivity index (χ1) is 14.5. The van der Waals surface area contributed by atoms with E-state index in [9.17, 15) is 19.2 Å². The van der Waals surface area contributed by atoms with Crippen LogP contribution in [0.1, 0.15) is 42.6 Å². The molecule has 30 heavy (non-hydrogen) atoms. The maximum Gasteiger partial charge on any atom is 0.325 e. The molecule has 2 aliphatic heterocycles. The summed E-state index contributed by atoms with van der Waals surface area (Å²) in [6.45, 7) is 2.64. The molecular weight excluding hydrogens is 412 g/mol. The van der Waals surface area contributed by atoms with Crippen molar-refractivity contribution >= 4 is 40.2 Å². The number of amides is 5. The third-order valence-corrected chi connectivity index (χ3v) is 6.49. The van der Waals surface area contributed by atoms with Crippen LogP contribution in [-0.4, -0.2) is 72.0 Å². The smallest absolute Gasteiger partial charge is 0.325 e. The van der Waals surface area contributed by atoms with Crippen molar-refractivity contribution in [3.8, 4) is 0 Å². The number of hydrogen-bond donors (Lipinski definition) is 3. The van der Waals surface area contributed by atoms with E-state index in [0.29, 0.717) is 26.1 Å². The largest absolute Gasteiger partial charge is 0.378 e. The highest BCUT2D eigenvalue weighted by atomic mass is 32.1. The lowest BCUT2D eigenvalue weighted by Gasteiger charge is -2.25. The molecule has 2 saturated heterocycles. The SMILES string of the molecule is O=C(CCN1C(=O)NC2(CCCC2)C1=O)NNC(=O)c1csc(N2CCOCC2)n1. The van der Waals surface area contributed by atoms with E-state index in [2.05, 4.69) is 21.2 Å². The number of carbonyl (C=O) groups excluding carboxylic acids is 4. The average Bonchev–Trinajstić information content (AvgIpc) is 3.47. The molecule has 1 spiro atoms. The fourth-order valence-corrected chi connectivity index (χ4v) is 4.79. The molecule has 1 aromatic rings. The number of nitrogens with one attached hydrogen (secondary N) is 3. The van der Waals surface area contributed by atoms with Crippen LogP contribution in [0.15, 0.2) is 5.38 Å². The van der Waals surface area contributed by atoms with Gasteiger partial charge in [-0.1, -0.05) is 12.8 Å². The molecule has 1 aliphatic carbocycles. The van der Waals surface area contributed by atoms with Crippen LogP contribution in [0.25, 0.3) is 0 Å². The van der Waals surface area contributed by atoms with Gasteiger partial charge in [-0.2, -0.15) is 0 Å². The molecular formula is C18H24N6O5S. The lowest BCUT2D eigenvalue weighted by molar-refractivity contribution is -0.131. The van der Waals surface area contributed by atoms with Crippen LogP contribution >= 0.6 is 11.3 Å². The van der Waals surface area contributed by atoms with Gasteiger partial charge in [0.15, 0.2) is 5.13 Å². The van der Waals surface area contributed by atoms with Gasteiger partial charge in [-0.05, 0) is 12.8 Å². The van der Waals surface area contributed by atoms with Crippen LogP contribution in [0.4, 0.5) is 9.93 Å². The van der Waals surface area contributed by atoms with Crippen LogP contribution in [0, 0.1) is 0 Å². The minimum atomic E-state index is -0.787. The van der Waals surface area contributed by atoms with Crippen molar-refractivity contribution in [1.82, 2.24) is 26.1 Å². The van der Waals surface area contributed by atoms with Crippen LogP contribution in [0.5, 0.6) is 0 Å². The highest BCUT2D eigenvalue weighted by Gasteiger charge is 2.52. The van der Waals surface area contributed by atoms with Crippen LogP contribution < -0.4 is 21.1 Å². The first-order valence-electron chi connectivity index (χ1n) is 10.00. The van der Waals surface area contributed by atoms with Crippen molar-refractivity contribution < 1.29 is 23.9 Å². The molecule has 1 aromatic heterocycles. The van der Waals surface area contributed by atoms with Crippen molar-refractivity contribution in [2.45, 2.75) is 37.6 Å². The highest BCUT2D eigenvalue weighted by molar-refractivity contribution is 7.13. The number of imide groups is 1. The van der Waals surface area contributed by atoms with E-state index in [1.807, 2.05) is 4.90 Å². The fourth-order valence-electron chi connectivity index (χ4n) is 3.93. The lowest BCUT2D eigenvalue weighted by Crippen LogP contribution is -2.45. The Bertz CT molecular complexity index is 846. The van der Waals surface area contributed by atoms with Gasteiger partial charge in [0.25, 0.3) is 11.8 Å². The molecule has 1 saturated carbocycles. The molecule has 5 amide bonds. The zero-order valence-electron chi connectivity index (χ0n) is 16.4.